The number of rotatable bonds is 14. The Labute approximate surface area is 209 Å². The molecule has 1 unspecified atom stereocenters. The third kappa shape index (κ3) is 8.89. The van der Waals surface area contributed by atoms with E-state index < -0.39 is 19.7 Å². The minimum atomic E-state index is -3.27. The van der Waals surface area contributed by atoms with Crippen LogP contribution < -0.4 is 15.8 Å². The smallest absolute Gasteiger partial charge is 0.344 e. The van der Waals surface area contributed by atoms with Gasteiger partial charge in [-0.05, 0) is 67.8 Å². The fourth-order valence-corrected chi connectivity index (χ4v) is 4.24. The number of unbranched alkanes of at least 4 members (excludes halogenated alkanes) is 2. The highest BCUT2D eigenvalue weighted by Gasteiger charge is 2.30. The van der Waals surface area contributed by atoms with E-state index in [1.54, 1.807) is 17.4 Å². The third-order valence-corrected chi connectivity index (χ3v) is 6.41. The van der Waals surface area contributed by atoms with Crippen LogP contribution in [0.15, 0.2) is 66.0 Å². The molecule has 2 atom stereocenters. The summed E-state index contributed by atoms with van der Waals surface area (Å²) >= 11 is 1.58. The van der Waals surface area contributed by atoms with Crippen LogP contribution in [0.1, 0.15) is 31.7 Å². The minimum absolute atomic E-state index is 0.390. The van der Waals surface area contributed by atoms with Crippen molar-refractivity contribution in [2.24, 2.45) is 5.73 Å². The van der Waals surface area contributed by atoms with Crippen molar-refractivity contribution in [3.63, 3.8) is 0 Å². The molecule has 0 aliphatic heterocycles. The molecule has 188 valence electrons. The van der Waals surface area contributed by atoms with E-state index in [1.165, 1.54) is 12.5 Å². The normalized spacial score (nSPS) is 13.7. The van der Waals surface area contributed by atoms with Gasteiger partial charge >= 0.3 is 8.25 Å². The summed E-state index contributed by atoms with van der Waals surface area (Å²) in [6.07, 6.45) is 4.19. The lowest BCUT2D eigenvalue weighted by Crippen LogP contribution is -2.52. The van der Waals surface area contributed by atoms with Crippen molar-refractivity contribution >= 4 is 31.2 Å². The van der Waals surface area contributed by atoms with E-state index in [-0.39, 0.29) is 6.61 Å². The number of hydrogen-bond donors (Lipinski definition) is 3. The molecule has 0 aliphatic carbocycles. The molecule has 3 aromatic rings. The van der Waals surface area contributed by atoms with Gasteiger partial charge in [0.05, 0.1) is 6.61 Å². The van der Waals surface area contributed by atoms with Gasteiger partial charge in [0.1, 0.15) is 17.9 Å². The summed E-state index contributed by atoms with van der Waals surface area (Å²) in [5, 5.41) is 4.75. The summed E-state index contributed by atoms with van der Waals surface area (Å²) in [7, 11) is -3.27. The quantitative estimate of drug-likeness (QED) is 0.116. The van der Waals surface area contributed by atoms with Crippen molar-refractivity contribution in [1.82, 2.24) is 0 Å². The number of aryl methyl sites for hydroxylation is 1. The molecule has 1 amide bonds. The monoisotopic (exact) mass is 518 g/mol. The number of nitrogens with two attached hydrogens (primary N) is 1. The molecule has 1 aromatic heterocycles. The van der Waals surface area contributed by atoms with Gasteiger partial charge in [0, 0.05) is 16.1 Å². The molecule has 0 aliphatic rings. The first-order valence-electron chi connectivity index (χ1n) is 11.3. The molecule has 2 aromatic carbocycles. The Balaban J connectivity index is 1.57. The van der Waals surface area contributed by atoms with Crippen molar-refractivity contribution in [3.05, 3.63) is 71.6 Å². The highest BCUT2D eigenvalue weighted by molar-refractivity contribution is 7.31. The summed E-state index contributed by atoms with van der Waals surface area (Å²) in [5.41, 5.74) is 7.28. The van der Waals surface area contributed by atoms with Crippen LogP contribution >= 0.6 is 19.6 Å². The number of anilines is 1. The van der Waals surface area contributed by atoms with Gasteiger partial charge in [-0.1, -0.05) is 36.4 Å². The van der Waals surface area contributed by atoms with Gasteiger partial charge < -0.3 is 20.7 Å². The zero-order chi connectivity index (χ0) is 25.1. The number of amides is 1. The topological polar surface area (TPSA) is 120 Å². The Hall–Kier alpha value is -2.52. The van der Waals surface area contributed by atoms with Gasteiger partial charge in [-0.25, -0.2) is 4.89 Å². The number of benzene rings is 2. The van der Waals surface area contributed by atoms with E-state index in [0.29, 0.717) is 12.3 Å². The standard InChI is InChI=1S/C25H31N2O6PS/c1-25(26,18-32-33-34(29)30)24(28)27-20-13-14-22(21(17-20)23-12-8-16-35-23)31-15-7-3-6-11-19-9-4-2-5-10-19/h2,4-5,8-10,12-14,16-17,34H,3,6-7,11,15,18,26H2,1H3,(H,27,28)(H,29,30)/t25-/m0/s1. The summed E-state index contributed by atoms with van der Waals surface area (Å²) in [6, 6.07) is 19.8. The molecule has 0 saturated heterocycles. The van der Waals surface area contributed by atoms with Crippen molar-refractivity contribution < 1.29 is 28.6 Å². The van der Waals surface area contributed by atoms with Crippen LogP contribution in [-0.4, -0.2) is 29.6 Å². The molecule has 8 nitrogen and oxygen atoms in total. The van der Waals surface area contributed by atoms with E-state index in [9.17, 15) is 9.36 Å². The largest absolute Gasteiger partial charge is 0.493 e. The highest BCUT2D eigenvalue weighted by Crippen LogP contribution is 2.36. The molecule has 35 heavy (non-hydrogen) atoms. The molecule has 4 N–H and O–H groups in total. The molecular formula is C25H31N2O6PS. The molecule has 0 fully saturated rings. The number of ether oxygens (including phenoxy) is 1. The van der Waals surface area contributed by atoms with Gasteiger partial charge in [-0.15, -0.1) is 11.3 Å². The molecule has 1 heterocycles. The second-order valence-electron chi connectivity index (χ2n) is 8.32. The minimum Gasteiger partial charge on any atom is -0.493 e. The van der Waals surface area contributed by atoms with Crippen LogP contribution in [0.2, 0.25) is 0 Å². The maximum Gasteiger partial charge on any atom is 0.344 e. The van der Waals surface area contributed by atoms with Gasteiger partial charge in [-0.3, -0.25) is 9.36 Å². The first-order valence-corrected chi connectivity index (χ1v) is 13.5. The van der Waals surface area contributed by atoms with Gasteiger partial charge in [-0.2, -0.15) is 4.67 Å². The second-order valence-corrected chi connectivity index (χ2v) is 9.96. The lowest BCUT2D eigenvalue weighted by Gasteiger charge is -2.22. The highest BCUT2D eigenvalue weighted by atomic mass is 32.1. The lowest BCUT2D eigenvalue weighted by molar-refractivity contribution is -0.218. The maximum atomic E-state index is 12.6. The molecular weight excluding hydrogens is 487 g/mol. The number of thiophene rings is 1. The average molecular weight is 519 g/mol. The van der Waals surface area contributed by atoms with Crippen molar-refractivity contribution in [3.8, 4) is 16.2 Å². The van der Waals surface area contributed by atoms with Crippen molar-refractivity contribution in [1.29, 1.82) is 0 Å². The summed E-state index contributed by atoms with van der Waals surface area (Å²) in [4.78, 5) is 26.9. The summed E-state index contributed by atoms with van der Waals surface area (Å²) < 4.78 is 20.9. The second kappa shape index (κ2) is 13.5. The van der Waals surface area contributed by atoms with Crippen molar-refractivity contribution in [2.75, 3.05) is 18.5 Å². The Morgan fingerprint density at radius 2 is 1.91 bits per heavy atom. The van der Waals surface area contributed by atoms with Gasteiger partial charge in [0.2, 0.25) is 5.91 Å². The molecule has 10 heteroatoms. The van der Waals surface area contributed by atoms with Crippen LogP contribution in [0.4, 0.5) is 5.69 Å². The first-order chi connectivity index (χ1) is 16.8. The number of hydrogen-bond acceptors (Lipinski definition) is 7. The first kappa shape index (κ1) is 27.1. The zero-order valence-electron chi connectivity index (χ0n) is 19.6. The third-order valence-electron chi connectivity index (χ3n) is 5.24. The number of nitrogens with one attached hydrogen (secondary N) is 1. The molecule has 3 rings (SSSR count). The lowest BCUT2D eigenvalue weighted by atomic mass is 10.0. The van der Waals surface area contributed by atoms with Crippen LogP contribution in [0.5, 0.6) is 5.75 Å². The Kier molecular flexibility index (Phi) is 10.5. The predicted molar refractivity (Wildman–Crippen MR) is 139 cm³/mol. The van der Waals surface area contributed by atoms with E-state index in [0.717, 1.165) is 41.9 Å². The van der Waals surface area contributed by atoms with Crippen molar-refractivity contribution in [2.45, 2.75) is 38.1 Å². The SMILES string of the molecule is C[C@](N)(COO[PH](=O)O)C(=O)Nc1ccc(OCCCCCc2ccccc2)c(-c2cccs2)c1. The predicted octanol–water partition coefficient (Wildman–Crippen LogP) is 5.19. The maximum absolute atomic E-state index is 12.6. The van der Waals surface area contributed by atoms with Crippen LogP contribution in [0.3, 0.4) is 0 Å². The Bertz CT molecular complexity index is 1090. The molecule has 0 saturated carbocycles. The average Bonchev–Trinajstić information content (AvgIpc) is 3.37. The molecule has 0 bridgehead atoms. The van der Waals surface area contributed by atoms with Gasteiger partial charge in [0.25, 0.3) is 0 Å². The Morgan fingerprint density at radius 3 is 2.63 bits per heavy atom. The summed E-state index contributed by atoms with van der Waals surface area (Å²) in [5.74, 6) is 0.219. The number of carbonyl (C=O) groups excluding carboxylic acids is 1. The van der Waals surface area contributed by atoms with E-state index in [2.05, 4.69) is 39.1 Å². The van der Waals surface area contributed by atoms with E-state index in [4.69, 9.17) is 15.4 Å². The zero-order valence-corrected chi connectivity index (χ0v) is 21.4. The van der Waals surface area contributed by atoms with Gasteiger partial charge in [0.15, 0.2) is 0 Å². The van der Waals surface area contributed by atoms with Crippen LogP contribution in [0, 0.1) is 0 Å². The van der Waals surface area contributed by atoms with E-state index in [1.807, 2.05) is 35.7 Å². The molecule has 0 spiro atoms. The molecule has 0 radical (unpaired) electrons. The van der Waals surface area contributed by atoms with Crippen LogP contribution in [0.25, 0.3) is 10.4 Å². The van der Waals surface area contributed by atoms with E-state index >= 15 is 0 Å². The Morgan fingerprint density at radius 1 is 1.11 bits per heavy atom. The van der Waals surface area contributed by atoms with Crippen LogP contribution in [-0.2, 0) is 25.3 Å². The fourth-order valence-electron chi connectivity index (χ4n) is 3.33. The summed E-state index contributed by atoms with van der Waals surface area (Å²) in [6.45, 7) is 1.65. The fraction of sp³-hybridized carbons (Fsp3) is 0.320. The number of carbonyl (C=O) groups is 1.